The summed E-state index contributed by atoms with van der Waals surface area (Å²) in [4.78, 5) is 30.3. The molecule has 0 aliphatic rings. The van der Waals surface area contributed by atoms with Gasteiger partial charge in [0, 0.05) is 22.2 Å². The van der Waals surface area contributed by atoms with Gasteiger partial charge in [0.15, 0.2) is 16.1 Å². The molecule has 0 saturated carbocycles. The van der Waals surface area contributed by atoms with Crippen molar-refractivity contribution < 1.29 is 9.21 Å². The van der Waals surface area contributed by atoms with E-state index in [4.69, 9.17) is 10.2 Å². The third-order valence-corrected chi connectivity index (χ3v) is 5.67. The van der Waals surface area contributed by atoms with Crippen molar-refractivity contribution >= 4 is 38.9 Å². The summed E-state index contributed by atoms with van der Waals surface area (Å²) < 4.78 is 6.10. The van der Waals surface area contributed by atoms with Crippen LogP contribution in [0.1, 0.15) is 28.5 Å². The van der Waals surface area contributed by atoms with Gasteiger partial charge in [0.1, 0.15) is 11.8 Å². The van der Waals surface area contributed by atoms with Gasteiger partial charge in [-0.25, -0.2) is 4.98 Å². The molecule has 158 valence electrons. The number of anilines is 1. The Morgan fingerprint density at radius 2 is 1.94 bits per heavy atom. The number of nitrogens with one attached hydrogen (secondary N) is 1. The number of nitriles is 1. The predicted octanol–water partition coefficient (Wildman–Crippen LogP) is 4.69. The first-order valence-corrected chi connectivity index (χ1v) is 10.5. The second-order valence-electron chi connectivity index (χ2n) is 7.10. The van der Waals surface area contributed by atoms with Crippen LogP contribution in [-0.4, -0.2) is 10.9 Å². The maximum atomic E-state index is 13.0. The van der Waals surface area contributed by atoms with E-state index in [1.165, 1.54) is 11.3 Å². The van der Waals surface area contributed by atoms with Crippen LogP contribution in [0.15, 0.2) is 68.8 Å². The van der Waals surface area contributed by atoms with Crippen LogP contribution in [0, 0.1) is 18.3 Å². The van der Waals surface area contributed by atoms with Crippen LogP contribution in [0.2, 0.25) is 0 Å². The maximum absolute atomic E-state index is 13.0. The number of fused-ring (bicyclic) bond motifs is 1. The highest BCUT2D eigenvalue weighted by atomic mass is 32.1. The zero-order valence-corrected chi connectivity index (χ0v) is 18.1. The molecule has 0 bridgehead atoms. The number of aromatic nitrogens is 1. The number of hydrogen-bond donors (Lipinski definition) is 2. The maximum Gasteiger partial charge on any atom is 0.261 e. The molecule has 2 aromatic carbocycles. The molecule has 0 atom stereocenters. The van der Waals surface area contributed by atoms with E-state index in [0.29, 0.717) is 33.2 Å². The summed E-state index contributed by atoms with van der Waals surface area (Å²) in [5, 5.41) is 14.2. The van der Waals surface area contributed by atoms with Gasteiger partial charge in [0.2, 0.25) is 0 Å². The van der Waals surface area contributed by atoms with E-state index in [1.807, 2.05) is 36.4 Å². The number of amides is 1. The van der Waals surface area contributed by atoms with Crippen molar-refractivity contribution in [3.05, 3.63) is 86.7 Å². The lowest BCUT2D eigenvalue weighted by Gasteiger charge is -2.10. The molecule has 0 aliphatic carbocycles. The number of benzene rings is 2. The molecule has 4 aromatic rings. The number of nitrogens with zero attached hydrogens (tertiary/aromatic N) is 2. The highest BCUT2D eigenvalue weighted by molar-refractivity contribution is 7.14. The first kappa shape index (κ1) is 21.0. The molecule has 2 heterocycles. The largest absolute Gasteiger partial charge is 0.455 e. The Bertz CT molecular complexity index is 1470. The molecule has 0 unspecified atom stereocenters. The average molecular weight is 443 g/mol. The summed E-state index contributed by atoms with van der Waals surface area (Å²) >= 11 is 1.17. The first-order valence-electron chi connectivity index (χ1n) is 9.66. The second-order valence-corrected chi connectivity index (χ2v) is 7.95. The molecule has 0 fully saturated rings. The molecule has 8 heteroatoms. The van der Waals surface area contributed by atoms with Gasteiger partial charge >= 0.3 is 0 Å². The Labute approximate surface area is 187 Å². The topological polar surface area (TPSA) is 122 Å². The molecule has 2 aromatic heterocycles. The van der Waals surface area contributed by atoms with Gasteiger partial charge in [-0.15, -0.1) is 11.3 Å². The highest BCUT2D eigenvalue weighted by Crippen LogP contribution is 2.28. The standard InChI is InChI=1S/C24H18N4O3S/c1-13-20(29)16-9-6-10-17(22(16)31-21(13)15-7-4-3-5-8-15)23(30)28-24-27-19(12-32-24)18(11-25)14(2)26/h3-10,12H,26H2,1-2H3,(H,27,28,30)/b18-14+. The van der Waals surface area contributed by atoms with Crippen LogP contribution in [-0.2, 0) is 0 Å². The monoisotopic (exact) mass is 442 g/mol. The fourth-order valence-corrected chi connectivity index (χ4v) is 4.01. The molecule has 32 heavy (non-hydrogen) atoms. The average Bonchev–Trinajstić information content (AvgIpc) is 3.24. The van der Waals surface area contributed by atoms with E-state index in [2.05, 4.69) is 10.3 Å². The lowest BCUT2D eigenvalue weighted by Crippen LogP contribution is -2.15. The van der Waals surface area contributed by atoms with Crippen molar-refractivity contribution in [1.82, 2.24) is 4.98 Å². The summed E-state index contributed by atoms with van der Waals surface area (Å²) in [6.45, 7) is 3.32. The van der Waals surface area contributed by atoms with Gasteiger partial charge in [0.25, 0.3) is 5.91 Å². The van der Waals surface area contributed by atoms with Gasteiger partial charge in [-0.1, -0.05) is 36.4 Å². The number of nitrogens with two attached hydrogens (primary N) is 1. The molecule has 0 aliphatic heterocycles. The summed E-state index contributed by atoms with van der Waals surface area (Å²) in [5.74, 6) is -0.0587. The van der Waals surface area contributed by atoms with Crippen molar-refractivity contribution in [2.75, 3.05) is 5.32 Å². The SMILES string of the molecule is C/C(N)=C(/C#N)c1csc(NC(=O)c2cccc3c(=O)c(C)c(-c4ccccc4)oc23)n1. The first-order chi connectivity index (χ1) is 15.4. The van der Waals surface area contributed by atoms with Crippen molar-refractivity contribution in [3.8, 4) is 17.4 Å². The Hall–Kier alpha value is -4.22. The van der Waals surface area contributed by atoms with Crippen LogP contribution in [0.4, 0.5) is 5.13 Å². The Kier molecular flexibility index (Phi) is 5.58. The van der Waals surface area contributed by atoms with E-state index in [9.17, 15) is 14.9 Å². The number of carbonyl (C=O) groups is 1. The zero-order chi connectivity index (χ0) is 22.8. The Morgan fingerprint density at radius 3 is 2.62 bits per heavy atom. The summed E-state index contributed by atoms with van der Waals surface area (Å²) in [6.07, 6.45) is 0. The summed E-state index contributed by atoms with van der Waals surface area (Å²) in [6, 6.07) is 16.1. The highest BCUT2D eigenvalue weighted by Gasteiger charge is 2.19. The molecule has 0 saturated heterocycles. The van der Waals surface area contributed by atoms with Crippen LogP contribution in [0.5, 0.6) is 0 Å². The van der Waals surface area contributed by atoms with Crippen molar-refractivity contribution in [1.29, 1.82) is 5.26 Å². The number of carbonyl (C=O) groups excluding carboxylic acids is 1. The fourth-order valence-electron chi connectivity index (χ4n) is 3.31. The van der Waals surface area contributed by atoms with E-state index >= 15 is 0 Å². The quantitative estimate of drug-likeness (QED) is 0.442. The number of rotatable bonds is 4. The Balaban J connectivity index is 1.77. The minimum Gasteiger partial charge on any atom is -0.455 e. The van der Waals surface area contributed by atoms with Crippen molar-refractivity contribution in [2.24, 2.45) is 5.73 Å². The van der Waals surface area contributed by atoms with Crippen molar-refractivity contribution in [3.63, 3.8) is 0 Å². The van der Waals surface area contributed by atoms with Crippen LogP contribution in [0.25, 0.3) is 27.9 Å². The van der Waals surface area contributed by atoms with Gasteiger partial charge in [-0.2, -0.15) is 5.26 Å². The molecule has 0 spiro atoms. The van der Waals surface area contributed by atoms with E-state index in [1.54, 1.807) is 37.4 Å². The van der Waals surface area contributed by atoms with Gasteiger partial charge in [-0.3, -0.25) is 14.9 Å². The van der Waals surface area contributed by atoms with Gasteiger partial charge in [-0.05, 0) is 26.0 Å². The lowest BCUT2D eigenvalue weighted by molar-refractivity contribution is 0.102. The third kappa shape index (κ3) is 3.77. The summed E-state index contributed by atoms with van der Waals surface area (Å²) in [7, 11) is 0. The molecule has 3 N–H and O–H groups in total. The third-order valence-electron chi connectivity index (χ3n) is 4.91. The normalized spacial score (nSPS) is 11.7. The molecular formula is C24H18N4O3S. The smallest absolute Gasteiger partial charge is 0.261 e. The lowest BCUT2D eigenvalue weighted by atomic mass is 10.0. The molecular weight excluding hydrogens is 424 g/mol. The number of hydrogen-bond acceptors (Lipinski definition) is 7. The van der Waals surface area contributed by atoms with Crippen molar-refractivity contribution in [2.45, 2.75) is 13.8 Å². The van der Waals surface area contributed by atoms with Gasteiger partial charge < -0.3 is 10.2 Å². The number of para-hydroxylation sites is 1. The van der Waals surface area contributed by atoms with Crippen LogP contribution < -0.4 is 16.5 Å². The van der Waals surface area contributed by atoms with E-state index in [0.717, 1.165) is 5.56 Å². The molecule has 0 radical (unpaired) electrons. The minimum atomic E-state index is -0.477. The van der Waals surface area contributed by atoms with Crippen LogP contribution >= 0.6 is 11.3 Å². The molecule has 7 nitrogen and oxygen atoms in total. The van der Waals surface area contributed by atoms with Crippen LogP contribution in [0.3, 0.4) is 0 Å². The summed E-state index contributed by atoms with van der Waals surface area (Å²) in [5.41, 5.74) is 8.14. The fraction of sp³-hybridized carbons (Fsp3) is 0.0833. The number of thiazole rings is 1. The zero-order valence-electron chi connectivity index (χ0n) is 17.3. The molecule has 1 amide bonds. The molecule has 4 rings (SSSR count). The predicted molar refractivity (Wildman–Crippen MR) is 125 cm³/mol. The van der Waals surface area contributed by atoms with E-state index < -0.39 is 5.91 Å². The van der Waals surface area contributed by atoms with E-state index in [-0.39, 0.29) is 22.1 Å². The number of allylic oxidation sites excluding steroid dienone is 2. The Morgan fingerprint density at radius 1 is 1.19 bits per heavy atom. The second kappa shape index (κ2) is 8.49. The minimum absolute atomic E-state index is 0.196. The van der Waals surface area contributed by atoms with Gasteiger partial charge in [0.05, 0.1) is 22.2 Å².